The first-order valence-electron chi connectivity index (χ1n) is 5.59. The molecule has 1 amide bonds. The summed E-state index contributed by atoms with van der Waals surface area (Å²) in [7, 11) is 0. The number of hydrogen-bond acceptors (Lipinski definition) is 2. The molecular formula is C12H16BrNO2. The monoisotopic (exact) mass is 285 g/mol. The molecule has 0 aliphatic heterocycles. The van der Waals surface area contributed by atoms with Gasteiger partial charge in [0, 0.05) is 10.9 Å². The summed E-state index contributed by atoms with van der Waals surface area (Å²) in [6.45, 7) is 1.88. The number of hydrogen-bond donors (Lipinski definition) is 1. The topological polar surface area (TPSA) is 42.2 Å². The molecule has 1 aromatic heterocycles. The first-order valence-corrected chi connectivity index (χ1v) is 6.72. The van der Waals surface area contributed by atoms with Gasteiger partial charge in [0.2, 0.25) is 0 Å². The van der Waals surface area contributed by atoms with Crippen molar-refractivity contribution in [2.45, 2.75) is 38.1 Å². The van der Waals surface area contributed by atoms with Crippen molar-refractivity contribution in [1.82, 2.24) is 5.32 Å². The van der Waals surface area contributed by atoms with Crippen LogP contribution in [-0.2, 0) is 0 Å². The van der Waals surface area contributed by atoms with Crippen molar-refractivity contribution < 1.29 is 9.21 Å². The summed E-state index contributed by atoms with van der Waals surface area (Å²) in [5.41, 5.74) is 0.816. The smallest absolute Gasteiger partial charge is 0.287 e. The van der Waals surface area contributed by atoms with E-state index in [0.29, 0.717) is 5.76 Å². The molecule has 2 rings (SSSR count). The Morgan fingerprint density at radius 1 is 1.56 bits per heavy atom. The predicted octanol–water partition coefficient (Wildman–Crippen LogP) is 3.03. The molecule has 0 saturated heterocycles. The van der Waals surface area contributed by atoms with Crippen LogP contribution in [0.5, 0.6) is 0 Å². The van der Waals surface area contributed by atoms with Gasteiger partial charge in [-0.1, -0.05) is 28.8 Å². The van der Waals surface area contributed by atoms with Crippen molar-refractivity contribution in [3.63, 3.8) is 0 Å². The van der Waals surface area contributed by atoms with E-state index in [-0.39, 0.29) is 11.4 Å². The molecule has 1 aliphatic rings. The van der Waals surface area contributed by atoms with Crippen LogP contribution >= 0.6 is 15.9 Å². The Morgan fingerprint density at radius 2 is 2.25 bits per heavy atom. The zero-order chi connectivity index (χ0) is 11.6. The van der Waals surface area contributed by atoms with Gasteiger partial charge in [-0.25, -0.2) is 0 Å². The average Bonchev–Trinajstić information content (AvgIpc) is 2.87. The van der Waals surface area contributed by atoms with E-state index < -0.39 is 0 Å². The molecular weight excluding hydrogens is 270 g/mol. The average molecular weight is 286 g/mol. The fourth-order valence-electron chi connectivity index (χ4n) is 2.25. The fourth-order valence-corrected chi connectivity index (χ4v) is 2.95. The van der Waals surface area contributed by atoms with E-state index in [4.69, 9.17) is 4.42 Å². The first kappa shape index (κ1) is 11.7. The zero-order valence-electron chi connectivity index (χ0n) is 9.38. The number of furan rings is 1. The lowest BCUT2D eigenvalue weighted by Gasteiger charge is -2.27. The molecule has 0 atom stereocenters. The van der Waals surface area contributed by atoms with Crippen LogP contribution in [-0.4, -0.2) is 16.8 Å². The molecule has 1 aromatic rings. The number of carbonyl (C=O) groups excluding carboxylic acids is 1. The molecule has 0 bridgehead atoms. The maximum Gasteiger partial charge on any atom is 0.287 e. The van der Waals surface area contributed by atoms with E-state index in [1.807, 2.05) is 13.0 Å². The van der Waals surface area contributed by atoms with Crippen LogP contribution in [0.25, 0.3) is 0 Å². The van der Waals surface area contributed by atoms with E-state index in [2.05, 4.69) is 21.2 Å². The predicted molar refractivity (Wildman–Crippen MR) is 65.9 cm³/mol. The second-order valence-electron chi connectivity index (χ2n) is 4.51. The van der Waals surface area contributed by atoms with E-state index in [0.717, 1.165) is 23.7 Å². The Labute approximate surface area is 104 Å². The highest BCUT2D eigenvalue weighted by Crippen LogP contribution is 2.31. The quantitative estimate of drug-likeness (QED) is 0.868. The first-order chi connectivity index (χ1) is 7.67. The van der Waals surface area contributed by atoms with Crippen LogP contribution < -0.4 is 5.32 Å². The van der Waals surface area contributed by atoms with Crippen molar-refractivity contribution in [1.29, 1.82) is 0 Å². The SMILES string of the molecule is Cc1ccoc1C(=O)NC1(CBr)CCCC1. The van der Waals surface area contributed by atoms with Crippen LogP contribution in [0.4, 0.5) is 0 Å². The standard InChI is InChI=1S/C12H16BrNO2/c1-9-4-7-16-10(9)11(15)14-12(8-13)5-2-3-6-12/h4,7H,2-3,5-6,8H2,1H3,(H,14,15). The van der Waals surface area contributed by atoms with Gasteiger partial charge in [0.15, 0.2) is 5.76 Å². The maximum atomic E-state index is 12.0. The van der Waals surface area contributed by atoms with Crippen molar-refractivity contribution in [2.24, 2.45) is 0 Å². The van der Waals surface area contributed by atoms with Crippen LogP contribution in [0.2, 0.25) is 0 Å². The molecule has 88 valence electrons. The maximum absolute atomic E-state index is 12.0. The summed E-state index contributed by atoms with van der Waals surface area (Å²) in [4.78, 5) is 12.0. The molecule has 1 saturated carbocycles. The van der Waals surface area contributed by atoms with Crippen molar-refractivity contribution in [3.05, 3.63) is 23.7 Å². The highest BCUT2D eigenvalue weighted by molar-refractivity contribution is 9.09. The van der Waals surface area contributed by atoms with Crippen LogP contribution in [0.15, 0.2) is 16.7 Å². The fraction of sp³-hybridized carbons (Fsp3) is 0.583. The summed E-state index contributed by atoms with van der Waals surface area (Å²) < 4.78 is 5.20. The minimum absolute atomic E-state index is 0.0731. The van der Waals surface area contributed by atoms with Gasteiger partial charge >= 0.3 is 0 Å². The van der Waals surface area contributed by atoms with Gasteiger partial charge in [-0.3, -0.25) is 4.79 Å². The van der Waals surface area contributed by atoms with E-state index in [1.54, 1.807) is 6.26 Å². The molecule has 0 radical (unpaired) electrons. The second-order valence-corrected chi connectivity index (χ2v) is 5.07. The van der Waals surface area contributed by atoms with Gasteiger partial charge in [-0.2, -0.15) is 0 Å². The number of aryl methyl sites for hydroxylation is 1. The van der Waals surface area contributed by atoms with Crippen molar-refractivity contribution in [3.8, 4) is 0 Å². The molecule has 4 heteroatoms. The van der Waals surface area contributed by atoms with Crippen LogP contribution in [0.1, 0.15) is 41.8 Å². The number of rotatable bonds is 3. The molecule has 3 nitrogen and oxygen atoms in total. The Balaban J connectivity index is 2.09. The normalized spacial score (nSPS) is 18.6. The summed E-state index contributed by atoms with van der Waals surface area (Å²) in [6.07, 6.45) is 6.01. The largest absolute Gasteiger partial charge is 0.459 e. The molecule has 1 N–H and O–H groups in total. The molecule has 0 unspecified atom stereocenters. The molecule has 16 heavy (non-hydrogen) atoms. The summed E-state index contributed by atoms with van der Waals surface area (Å²) in [5.74, 6) is 0.344. The van der Waals surface area contributed by atoms with Gasteiger partial charge < -0.3 is 9.73 Å². The summed E-state index contributed by atoms with van der Waals surface area (Å²) >= 11 is 3.50. The van der Waals surface area contributed by atoms with Crippen molar-refractivity contribution >= 4 is 21.8 Å². The third kappa shape index (κ3) is 2.17. The minimum atomic E-state index is -0.0937. The minimum Gasteiger partial charge on any atom is -0.459 e. The lowest BCUT2D eigenvalue weighted by molar-refractivity contribution is 0.0881. The Bertz CT molecular complexity index is 380. The number of amides is 1. The van der Waals surface area contributed by atoms with Crippen molar-refractivity contribution in [2.75, 3.05) is 5.33 Å². The Hall–Kier alpha value is -0.770. The third-order valence-corrected chi connectivity index (χ3v) is 4.34. The molecule has 1 heterocycles. The Kier molecular flexibility index (Phi) is 3.38. The highest BCUT2D eigenvalue weighted by atomic mass is 79.9. The van der Waals surface area contributed by atoms with E-state index in [1.165, 1.54) is 12.8 Å². The lowest BCUT2D eigenvalue weighted by Crippen LogP contribution is -2.47. The van der Waals surface area contributed by atoms with Crippen LogP contribution in [0.3, 0.4) is 0 Å². The van der Waals surface area contributed by atoms with E-state index in [9.17, 15) is 4.79 Å². The highest BCUT2D eigenvalue weighted by Gasteiger charge is 2.35. The van der Waals surface area contributed by atoms with E-state index >= 15 is 0 Å². The molecule has 1 aliphatic carbocycles. The van der Waals surface area contributed by atoms with Gasteiger partial charge in [0.05, 0.1) is 11.8 Å². The number of carbonyl (C=O) groups is 1. The van der Waals surface area contributed by atoms with Gasteiger partial charge in [-0.05, 0) is 25.8 Å². The number of alkyl halides is 1. The summed E-state index contributed by atoms with van der Waals surface area (Å²) in [6, 6.07) is 1.81. The van der Waals surface area contributed by atoms with Gasteiger partial charge in [0.25, 0.3) is 5.91 Å². The Morgan fingerprint density at radius 3 is 2.75 bits per heavy atom. The molecule has 0 spiro atoms. The van der Waals surface area contributed by atoms with Gasteiger partial charge in [0.1, 0.15) is 0 Å². The molecule has 1 fully saturated rings. The third-order valence-electron chi connectivity index (χ3n) is 3.26. The summed E-state index contributed by atoms with van der Waals surface area (Å²) in [5, 5.41) is 3.92. The zero-order valence-corrected chi connectivity index (χ0v) is 11.0. The number of halogens is 1. The second kappa shape index (κ2) is 4.62. The van der Waals surface area contributed by atoms with Crippen LogP contribution in [0, 0.1) is 6.92 Å². The number of nitrogens with one attached hydrogen (secondary N) is 1. The molecule has 0 aromatic carbocycles. The van der Waals surface area contributed by atoms with Gasteiger partial charge in [-0.15, -0.1) is 0 Å². The lowest BCUT2D eigenvalue weighted by atomic mass is 10.0.